The zero-order valence-corrected chi connectivity index (χ0v) is 11.5. The molecule has 0 aliphatic carbocycles. The van der Waals surface area contributed by atoms with Crippen molar-refractivity contribution in [3.63, 3.8) is 0 Å². The molecular formula is C13H24N2O3. The van der Waals surface area contributed by atoms with E-state index in [1.165, 1.54) is 0 Å². The van der Waals surface area contributed by atoms with Gasteiger partial charge in [0.25, 0.3) is 0 Å². The van der Waals surface area contributed by atoms with Crippen molar-refractivity contribution < 1.29 is 14.7 Å². The van der Waals surface area contributed by atoms with E-state index in [1.807, 2.05) is 6.92 Å². The molecule has 2 N–H and O–H groups in total. The van der Waals surface area contributed by atoms with E-state index >= 15 is 0 Å². The van der Waals surface area contributed by atoms with Crippen molar-refractivity contribution in [2.24, 2.45) is 11.8 Å². The van der Waals surface area contributed by atoms with Gasteiger partial charge in [-0.1, -0.05) is 20.3 Å². The van der Waals surface area contributed by atoms with E-state index in [4.69, 9.17) is 5.11 Å². The molecule has 1 saturated heterocycles. The van der Waals surface area contributed by atoms with E-state index in [9.17, 15) is 9.59 Å². The molecule has 5 nitrogen and oxygen atoms in total. The van der Waals surface area contributed by atoms with Crippen molar-refractivity contribution >= 4 is 12.0 Å². The average Bonchev–Trinajstić information content (AvgIpc) is 2.37. The Morgan fingerprint density at radius 2 is 2.11 bits per heavy atom. The number of carboxylic acids is 1. The largest absolute Gasteiger partial charge is 0.481 e. The second-order valence-electron chi connectivity index (χ2n) is 5.25. The number of hydrogen-bond acceptors (Lipinski definition) is 2. The van der Waals surface area contributed by atoms with Gasteiger partial charge < -0.3 is 15.3 Å². The first kappa shape index (κ1) is 14.8. The summed E-state index contributed by atoms with van der Waals surface area (Å²) in [6, 6.07) is -0.0125. The van der Waals surface area contributed by atoms with Gasteiger partial charge in [0.05, 0.1) is 5.92 Å². The fraction of sp³-hybridized carbons (Fsp3) is 0.846. The van der Waals surface area contributed by atoms with Gasteiger partial charge in [0.15, 0.2) is 0 Å². The first-order valence-electron chi connectivity index (χ1n) is 6.74. The SMILES string of the molecule is CCC(C)C(C)NC(=O)N1CCCC(C(=O)O)C1. The quantitative estimate of drug-likeness (QED) is 0.807. The molecule has 0 aromatic carbocycles. The van der Waals surface area contributed by atoms with Gasteiger partial charge in [-0.25, -0.2) is 4.79 Å². The zero-order chi connectivity index (χ0) is 13.7. The zero-order valence-electron chi connectivity index (χ0n) is 11.5. The summed E-state index contributed by atoms with van der Waals surface area (Å²) in [5.41, 5.74) is 0. The summed E-state index contributed by atoms with van der Waals surface area (Å²) >= 11 is 0. The van der Waals surface area contributed by atoms with Crippen LogP contribution in [0.25, 0.3) is 0 Å². The Bertz CT molecular complexity index is 307. The van der Waals surface area contributed by atoms with E-state index in [0.29, 0.717) is 25.4 Å². The number of rotatable bonds is 4. The molecule has 3 atom stereocenters. The molecule has 0 aromatic rings. The van der Waals surface area contributed by atoms with Gasteiger partial charge in [-0.2, -0.15) is 0 Å². The summed E-state index contributed by atoms with van der Waals surface area (Å²) < 4.78 is 0. The summed E-state index contributed by atoms with van der Waals surface area (Å²) in [6.07, 6.45) is 2.45. The topological polar surface area (TPSA) is 69.6 Å². The van der Waals surface area contributed by atoms with Crippen LogP contribution in [0.4, 0.5) is 4.79 Å². The predicted octanol–water partition coefficient (Wildman–Crippen LogP) is 1.93. The number of piperidine rings is 1. The van der Waals surface area contributed by atoms with Crippen molar-refractivity contribution in [1.82, 2.24) is 10.2 Å². The number of aliphatic carboxylic acids is 1. The van der Waals surface area contributed by atoms with E-state index in [1.54, 1.807) is 4.90 Å². The third kappa shape index (κ3) is 3.89. The summed E-state index contributed by atoms with van der Waals surface area (Å²) in [7, 11) is 0. The number of carboxylic acid groups (broad SMARTS) is 1. The Morgan fingerprint density at radius 3 is 2.67 bits per heavy atom. The molecule has 18 heavy (non-hydrogen) atoms. The highest BCUT2D eigenvalue weighted by Gasteiger charge is 2.28. The van der Waals surface area contributed by atoms with Crippen molar-refractivity contribution in [2.75, 3.05) is 13.1 Å². The molecule has 3 unspecified atom stereocenters. The number of carbonyl (C=O) groups is 2. The maximum Gasteiger partial charge on any atom is 0.317 e. The molecule has 5 heteroatoms. The van der Waals surface area contributed by atoms with Crippen LogP contribution in [0, 0.1) is 11.8 Å². The molecule has 104 valence electrons. The minimum atomic E-state index is -0.803. The normalized spacial score (nSPS) is 23.3. The van der Waals surface area contributed by atoms with Gasteiger partial charge in [-0.15, -0.1) is 0 Å². The number of hydrogen-bond donors (Lipinski definition) is 2. The highest BCUT2D eigenvalue weighted by atomic mass is 16.4. The van der Waals surface area contributed by atoms with Gasteiger partial charge >= 0.3 is 12.0 Å². The number of amides is 2. The fourth-order valence-electron chi connectivity index (χ4n) is 2.15. The second-order valence-corrected chi connectivity index (χ2v) is 5.25. The molecule has 1 aliphatic rings. The molecule has 1 aliphatic heterocycles. The number of nitrogens with zero attached hydrogens (tertiary/aromatic N) is 1. The molecule has 2 amide bonds. The molecule has 1 rings (SSSR count). The Balaban J connectivity index is 2.48. The van der Waals surface area contributed by atoms with Crippen LogP contribution in [0.5, 0.6) is 0 Å². The molecule has 0 aromatic heterocycles. The lowest BCUT2D eigenvalue weighted by atomic mass is 9.98. The average molecular weight is 256 g/mol. The van der Waals surface area contributed by atoms with Crippen LogP contribution < -0.4 is 5.32 Å². The highest BCUT2D eigenvalue weighted by Crippen LogP contribution is 2.17. The lowest BCUT2D eigenvalue weighted by Gasteiger charge is -2.32. The van der Waals surface area contributed by atoms with Crippen LogP contribution in [0.2, 0.25) is 0 Å². The van der Waals surface area contributed by atoms with Gasteiger partial charge in [0, 0.05) is 19.1 Å². The minimum Gasteiger partial charge on any atom is -0.481 e. The van der Waals surface area contributed by atoms with Crippen LogP contribution in [0.15, 0.2) is 0 Å². The van der Waals surface area contributed by atoms with Crippen LogP contribution >= 0.6 is 0 Å². The van der Waals surface area contributed by atoms with Crippen LogP contribution in [0.1, 0.15) is 40.0 Å². The lowest BCUT2D eigenvalue weighted by molar-refractivity contribution is -0.143. The molecule has 0 radical (unpaired) electrons. The van der Waals surface area contributed by atoms with E-state index in [-0.39, 0.29) is 12.1 Å². The van der Waals surface area contributed by atoms with Crippen molar-refractivity contribution in [3.8, 4) is 0 Å². The Kier molecular flexibility index (Phi) is 5.44. The molecular weight excluding hydrogens is 232 g/mol. The predicted molar refractivity (Wildman–Crippen MR) is 69.4 cm³/mol. The number of nitrogens with one attached hydrogen (secondary N) is 1. The third-order valence-electron chi connectivity index (χ3n) is 3.91. The first-order valence-corrected chi connectivity index (χ1v) is 6.74. The van der Waals surface area contributed by atoms with Gasteiger partial charge in [0.2, 0.25) is 0 Å². The Morgan fingerprint density at radius 1 is 1.44 bits per heavy atom. The number of likely N-dealkylation sites (tertiary alicyclic amines) is 1. The highest BCUT2D eigenvalue weighted by molar-refractivity contribution is 5.76. The summed E-state index contributed by atoms with van der Waals surface area (Å²) in [5.74, 6) is -0.792. The summed E-state index contributed by atoms with van der Waals surface area (Å²) in [6.45, 7) is 7.16. The van der Waals surface area contributed by atoms with E-state index in [2.05, 4.69) is 19.2 Å². The van der Waals surface area contributed by atoms with Gasteiger partial charge in [0.1, 0.15) is 0 Å². The van der Waals surface area contributed by atoms with Crippen LogP contribution in [0.3, 0.4) is 0 Å². The monoisotopic (exact) mass is 256 g/mol. The fourth-order valence-corrected chi connectivity index (χ4v) is 2.15. The van der Waals surface area contributed by atoms with E-state index in [0.717, 1.165) is 12.8 Å². The maximum atomic E-state index is 12.0. The third-order valence-corrected chi connectivity index (χ3v) is 3.91. The summed E-state index contributed by atoms with van der Waals surface area (Å²) in [5, 5.41) is 11.9. The van der Waals surface area contributed by atoms with Crippen LogP contribution in [-0.4, -0.2) is 41.1 Å². The molecule has 0 saturated carbocycles. The van der Waals surface area contributed by atoms with Gasteiger partial charge in [-0.05, 0) is 25.7 Å². The lowest BCUT2D eigenvalue weighted by Crippen LogP contribution is -2.50. The van der Waals surface area contributed by atoms with Crippen molar-refractivity contribution in [3.05, 3.63) is 0 Å². The minimum absolute atomic E-state index is 0.118. The molecule has 1 fully saturated rings. The van der Waals surface area contributed by atoms with Gasteiger partial charge in [-0.3, -0.25) is 4.79 Å². The molecule has 0 bridgehead atoms. The van der Waals surface area contributed by atoms with Crippen molar-refractivity contribution in [2.45, 2.75) is 46.1 Å². The summed E-state index contributed by atoms with van der Waals surface area (Å²) in [4.78, 5) is 24.6. The first-order chi connectivity index (χ1) is 8.45. The second kappa shape index (κ2) is 6.61. The smallest absolute Gasteiger partial charge is 0.317 e. The van der Waals surface area contributed by atoms with Crippen molar-refractivity contribution in [1.29, 1.82) is 0 Å². The maximum absolute atomic E-state index is 12.0. The number of carbonyl (C=O) groups excluding carboxylic acids is 1. The Labute approximate surface area is 109 Å². The van der Waals surface area contributed by atoms with Crippen LogP contribution in [-0.2, 0) is 4.79 Å². The molecule has 1 heterocycles. The Hall–Kier alpha value is -1.26. The number of urea groups is 1. The molecule has 0 spiro atoms. The van der Waals surface area contributed by atoms with E-state index < -0.39 is 11.9 Å². The standard InChI is InChI=1S/C13H24N2O3/c1-4-9(2)10(3)14-13(18)15-7-5-6-11(8-15)12(16)17/h9-11H,4-8H2,1-3H3,(H,14,18)(H,16,17).